The van der Waals surface area contributed by atoms with Gasteiger partial charge in [0.2, 0.25) is 0 Å². The molecule has 1 aromatic carbocycles. The summed E-state index contributed by atoms with van der Waals surface area (Å²) in [6.45, 7) is 5.62. The number of nitrogens with zero attached hydrogens (tertiary/aromatic N) is 2. The van der Waals surface area contributed by atoms with Crippen LogP contribution in [0.5, 0.6) is 11.5 Å². The summed E-state index contributed by atoms with van der Waals surface area (Å²) in [5.74, 6) is 1.58. The van der Waals surface area contributed by atoms with Crippen LogP contribution in [0.2, 0.25) is 0 Å². The van der Waals surface area contributed by atoms with Crippen molar-refractivity contribution in [3.05, 3.63) is 23.3 Å². The Kier molecular flexibility index (Phi) is 8.84. The van der Waals surface area contributed by atoms with Crippen molar-refractivity contribution < 1.29 is 14.2 Å². The maximum Gasteiger partial charge on any atom is 0.161 e. The summed E-state index contributed by atoms with van der Waals surface area (Å²) in [6, 6.07) is 4.17. The standard InChI is InChI=1S/C17H24N2O3.2ClH/c1-20-16-11-13-3-5-18-15(14(13)12-17(16)21-2)4-6-19-7-9-22-10-8-19;;/h11-12H,3-10H2,1-2H3;2*1H. The summed E-state index contributed by atoms with van der Waals surface area (Å²) in [5.41, 5.74) is 3.72. The van der Waals surface area contributed by atoms with E-state index >= 15 is 0 Å². The van der Waals surface area contributed by atoms with Crippen molar-refractivity contribution in [1.82, 2.24) is 4.90 Å². The van der Waals surface area contributed by atoms with Gasteiger partial charge in [0.25, 0.3) is 0 Å². The number of ether oxygens (including phenoxy) is 3. The lowest BCUT2D eigenvalue weighted by Crippen LogP contribution is -2.37. The van der Waals surface area contributed by atoms with E-state index in [9.17, 15) is 0 Å². The van der Waals surface area contributed by atoms with Gasteiger partial charge < -0.3 is 14.2 Å². The molecule has 5 nitrogen and oxygen atoms in total. The third-order valence-electron chi connectivity index (χ3n) is 4.37. The zero-order chi connectivity index (χ0) is 15.4. The highest BCUT2D eigenvalue weighted by molar-refractivity contribution is 6.03. The van der Waals surface area contributed by atoms with Crippen molar-refractivity contribution in [2.75, 3.05) is 53.6 Å². The van der Waals surface area contributed by atoms with Gasteiger partial charge in [-0.05, 0) is 24.1 Å². The second-order valence-electron chi connectivity index (χ2n) is 5.65. The highest BCUT2D eigenvalue weighted by Gasteiger charge is 2.19. The molecule has 0 radical (unpaired) electrons. The van der Waals surface area contributed by atoms with Gasteiger partial charge in [0.1, 0.15) is 0 Å². The first kappa shape index (κ1) is 21.0. The first-order chi connectivity index (χ1) is 10.8. The molecule has 0 amide bonds. The topological polar surface area (TPSA) is 43.3 Å². The molecule has 0 aliphatic carbocycles. The minimum absolute atomic E-state index is 0. The minimum Gasteiger partial charge on any atom is -0.493 e. The van der Waals surface area contributed by atoms with Crippen molar-refractivity contribution in [3.8, 4) is 11.5 Å². The quantitative estimate of drug-likeness (QED) is 0.791. The van der Waals surface area contributed by atoms with Crippen molar-refractivity contribution in [2.24, 2.45) is 4.99 Å². The summed E-state index contributed by atoms with van der Waals surface area (Å²) in [7, 11) is 3.36. The van der Waals surface area contributed by atoms with Crippen LogP contribution in [0.25, 0.3) is 0 Å². The Bertz CT molecular complexity index is 561. The Labute approximate surface area is 156 Å². The number of aliphatic imine (C=N–C) groups is 1. The molecule has 1 aromatic rings. The number of halogens is 2. The molecular formula is C17H26Cl2N2O3. The van der Waals surface area contributed by atoms with E-state index < -0.39 is 0 Å². The highest BCUT2D eigenvalue weighted by Crippen LogP contribution is 2.33. The molecule has 0 atom stereocenters. The van der Waals surface area contributed by atoms with Crippen LogP contribution >= 0.6 is 24.8 Å². The van der Waals surface area contributed by atoms with Gasteiger partial charge in [0.15, 0.2) is 11.5 Å². The third kappa shape index (κ3) is 4.76. The van der Waals surface area contributed by atoms with Gasteiger partial charge in [-0.25, -0.2) is 0 Å². The van der Waals surface area contributed by atoms with E-state index in [1.165, 1.54) is 16.8 Å². The largest absolute Gasteiger partial charge is 0.493 e. The molecular weight excluding hydrogens is 351 g/mol. The van der Waals surface area contributed by atoms with Crippen molar-refractivity contribution >= 4 is 30.5 Å². The Morgan fingerprint density at radius 3 is 2.42 bits per heavy atom. The predicted molar refractivity (Wildman–Crippen MR) is 101 cm³/mol. The smallest absolute Gasteiger partial charge is 0.161 e. The molecule has 0 aromatic heterocycles. The lowest BCUT2D eigenvalue weighted by atomic mass is 9.95. The molecule has 1 fully saturated rings. The predicted octanol–water partition coefficient (Wildman–Crippen LogP) is 2.61. The summed E-state index contributed by atoms with van der Waals surface area (Å²) in [5, 5.41) is 0. The number of benzene rings is 1. The minimum atomic E-state index is 0. The van der Waals surface area contributed by atoms with E-state index in [0.29, 0.717) is 0 Å². The monoisotopic (exact) mass is 376 g/mol. The molecule has 0 bridgehead atoms. The summed E-state index contributed by atoms with van der Waals surface area (Å²) in [4.78, 5) is 7.19. The number of rotatable bonds is 5. The van der Waals surface area contributed by atoms with Crippen LogP contribution in [0.15, 0.2) is 17.1 Å². The van der Waals surface area contributed by atoms with Crippen molar-refractivity contribution in [2.45, 2.75) is 12.8 Å². The summed E-state index contributed by atoms with van der Waals surface area (Å²) < 4.78 is 16.2. The fourth-order valence-corrected chi connectivity index (χ4v) is 3.10. The summed E-state index contributed by atoms with van der Waals surface area (Å²) in [6.07, 6.45) is 1.94. The fraction of sp³-hybridized carbons (Fsp3) is 0.588. The van der Waals surface area contributed by atoms with Crippen LogP contribution in [0.4, 0.5) is 0 Å². The van der Waals surface area contributed by atoms with Gasteiger partial charge in [0, 0.05) is 43.9 Å². The molecule has 7 heteroatoms. The third-order valence-corrected chi connectivity index (χ3v) is 4.37. The molecule has 2 aliphatic heterocycles. The number of morpholine rings is 1. The Balaban J connectivity index is 0.00000144. The number of hydrogen-bond donors (Lipinski definition) is 0. The van der Waals surface area contributed by atoms with Crippen LogP contribution in [-0.4, -0.2) is 64.2 Å². The first-order valence-electron chi connectivity index (χ1n) is 7.90. The SMILES string of the molecule is COc1cc2c(cc1OC)C(CCN1CCOCC1)=NCC2.Cl.Cl. The average Bonchev–Trinajstić information content (AvgIpc) is 2.59. The molecule has 2 heterocycles. The molecule has 136 valence electrons. The highest BCUT2D eigenvalue weighted by atomic mass is 35.5. The van der Waals surface area contributed by atoms with Gasteiger partial charge in [-0.2, -0.15) is 0 Å². The Morgan fingerprint density at radius 2 is 1.75 bits per heavy atom. The number of hydrogen-bond acceptors (Lipinski definition) is 5. The fourth-order valence-electron chi connectivity index (χ4n) is 3.10. The lowest BCUT2D eigenvalue weighted by molar-refractivity contribution is 0.0392. The van der Waals surface area contributed by atoms with Crippen molar-refractivity contribution in [1.29, 1.82) is 0 Å². The molecule has 2 aliphatic rings. The molecule has 0 unspecified atom stereocenters. The first-order valence-corrected chi connectivity index (χ1v) is 7.90. The van der Waals surface area contributed by atoms with Gasteiger partial charge in [-0.3, -0.25) is 9.89 Å². The van der Waals surface area contributed by atoms with Gasteiger partial charge in [-0.15, -0.1) is 24.8 Å². The normalized spacial score (nSPS) is 17.0. The molecule has 0 spiro atoms. The van der Waals surface area contributed by atoms with Crippen molar-refractivity contribution in [3.63, 3.8) is 0 Å². The molecule has 0 saturated carbocycles. The Hall–Kier alpha value is -1.01. The zero-order valence-electron chi connectivity index (χ0n) is 14.2. The lowest BCUT2D eigenvalue weighted by Gasteiger charge is -2.27. The second-order valence-corrected chi connectivity index (χ2v) is 5.65. The van der Waals surface area contributed by atoms with E-state index in [0.717, 1.165) is 63.7 Å². The average molecular weight is 377 g/mol. The Morgan fingerprint density at radius 1 is 1.08 bits per heavy atom. The molecule has 3 rings (SSSR count). The van der Waals surface area contributed by atoms with Crippen LogP contribution in [0, 0.1) is 0 Å². The number of fused-ring (bicyclic) bond motifs is 1. The van der Waals surface area contributed by atoms with E-state index in [1.54, 1.807) is 14.2 Å². The van der Waals surface area contributed by atoms with Gasteiger partial charge >= 0.3 is 0 Å². The van der Waals surface area contributed by atoms with Gasteiger partial charge in [-0.1, -0.05) is 0 Å². The zero-order valence-corrected chi connectivity index (χ0v) is 15.9. The maximum absolute atomic E-state index is 5.44. The number of methoxy groups -OCH3 is 2. The van der Waals surface area contributed by atoms with E-state index in [2.05, 4.69) is 17.0 Å². The molecule has 1 saturated heterocycles. The second kappa shape index (κ2) is 10.1. The van der Waals surface area contributed by atoms with Crippen LogP contribution in [0.1, 0.15) is 17.5 Å². The van der Waals surface area contributed by atoms with Crippen LogP contribution < -0.4 is 9.47 Å². The van der Waals surface area contributed by atoms with Gasteiger partial charge in [0.05, 0.1) is 27.4 Å². The molecule has 0 N–H and O–H groups in total. The van der Waals surface area contributed by atoms with E-state index in [-0.39, 0.29) is 24.8 Å². The van der Waals surface area contributed by atoms with E-state index in [1.807, 2.05) is 0 Å². The summed E-state index contributed by atoms with van der Waals surface area (Å²) >= 11 is 0. The maximum atomic E-state index is 5.44. The molecule has 24 heavy (non-hydrogen) atoms. The van der Waals surface area contributed by atoms with Crippen LogP contribution in [0.3, 0.4) is 0 Å². The van der Waals surface area contributed by atoms with E-state index in [4.69, 9.17) is 19.2 Å². The van der Waals surface area contributed by atoms with Crippen LogP contribution in [-0.2, 0) is 11.2 Å².